The number of urea groups is 1. The summed E-state index contributed by atoms with van der Waals surface area (Å²) < 4.78 is 0. The van der Waals surface area contributed by atoms with Crippen LogP contribution >= 0.6 is 11.3 Å². The fourth-order valence-corrected chi connectivity index (χ4v) is 3.18. The molecule has 1 saturated heterocycles. The van der Waals surface area contributed by atoms with Crippen LogP contribution in [0.5, 0.6) is 0 Å². The average molecular weight is 306 g/mol. The largest absolute Gasteiger partial charge is 0.346 e. The van der Waals surface area contributed by atoms with Crippen LogP contribution in [0.25, 0.3) is 0 Å². The highest BCUT2D eigenvalue weighted by atomic mass is 32.1. The summed E-state index contributed by atoms with van der Waals surface area (Å²) in [4.78, 5) is 20.8. The number of carbonyl (C=O) groups excluding carboxylic acids is 1. The summed E-state index contributed by atoms with van der Waals surface area (Å²) in [7, 11) is 0. The number of aromatic amines is 1. The molecule has 7 nitrogen and oxygen atoms in total. The molecule has 1 aliphatic rings. The molecular formula is C13H18N6OS. The molecule has 1 aliphatic heterocycles. The second-order valence-electron chi connectivity index (χ2n) is 5.02. The minimum Gasteiger partial charge on any atom is -0.346 e. The molecule has 112 valence electrons. The zero-order valence-electron chi connectivity index (χ0n) is 11.9. The van der Waals surface area contributed by atoms with Gasteiger partial charge in [-0.05, 0) is 13.3 Å². The zero-order valence-corrected chi connectivity index (χ0v) is 12.7. The highest BCUT2D eigenvalue weighted by Gasteiger charge is 2.20. The highest BCUT2D eigenvalue weighted by Crippen LogP contribution is 2.21. The van der Waals surface area contributed by atoms with Crippen molar-refractivity contribution in [2.45, 2.75) is 13.3 Å². The van der Waals surface area contributed by atoms with E-state index >= 15 is 0 Å². The Bertz CT molecular complexity index is 596. The number of thiazole rings is 1. The fourth-order valence-electron chi connectivity index (χ4n) is 2.32. The first-order chi connectivity index (χ1) is 10.2. The van der Waals surface area contributed by atoms with Crippen LogP contribution in [-0.2, 0) is 0 Å². The molecule has 0 aromatic carbocycles. The van der Waals surface area contributed by atoms with Gasteiger partial charge in [-0.2, -0.15) is 5.10 Å². The minimum atomic E-state index is -0.0754. The smallest absolute Gasteiger partial charge is 0.321 e. The Labute approximate surface area is 127 Å². The van der Waals surface area contributed by atoms with Gasteiger partial charge < -0.3 is 15.1 Å². The molecule has 1 fully saturated rings. The zero-order chi connectivity index (χ0) is 14.7. The number of aromatic nitrogens is 3. The molecule has 0 atom stereocenters. The predicted molar refractivity (Wildman–Crippen MR) is 82.9 cm³/mol. The summed E-state index contributed by atoms with van der Waals surface area (Å²) in [6.07, 6.45) is 4.21. The van der Waals surface area contributed by atoms with E-state index in [9.17, 15) is 4.79 Å². The molecule has 2 amide bonds. The maximum absolute atomic E-state index is 12.2. The molecule has 8 heteroatoms. The Morgan fingerprint density at radius 2 is 2.29 bits per heavy atom. The van der Waals surface area contributed by atoms with Crippen LogP contribution in [0.1, 0.15) is 12.1 Å². The third-order valence-corrected chi connectivity index (χ3v) is 4.43. The molecule has 2 aromatic heterocycles. The van der Waals surface area contributed by atoms with Crippen LogP contribution in [0, 0.1) is 6.92 Å². The maximum Gasteiger partial charge on any atom is 0.321 e. The molecule has 21 heavy (non-hydrogen) atoms. The second kappa shape index (κ2) is 6.13. The van der Waals surface area contributed by atoms with Crippen molar-refractivity contribution in [3.63, 3.8) is 0 Å². The van der Waals surface area contributed by atoms with E-state index in [4.69, 9.17) is 0 Å². The number of nitrogens with one attached hydrogen (secondary N) is 2. The predicted octanol–water partition coefficient (Wildman–Crippen LogP) is 1.92. The summed E-state index contributed by atoms with van der Waals surface area (Å²) in [5.74, 6) is 0. The quantitative estimate of drug-likeness (QED) is 0.888. The van der Waals surface area contributed by atoms with Crippen LogP contribution in [0.4, 0.5) is 15.6 Å². The van der Waals surface area contributed by atoms with Crippen LogP contribution in [-0.4, -0.2) is 52.3 Å². The molecular weight excluding hydrogens is 288 g/mol. The number of aryl methyl sites for hydroxylation is 1. The maximum atomic E-state index is 12.2. The van der Waals surface area contributed by atoms with Gasteiger partial charge in [0.25, 0.3) is 0 Å². The standard InChI is InChI=1S/C13H18N6OS/c1-10-9-21-13(16-10)19-4-2-3-18(5-6-19)12(20)17-11-7-14-15-8-11/h7-9H,2-6H2,1H3,(H,14,15)(H,17,20). The third-order valence-electron chi connectivity index (χ3n) is 3.41. The van der Waals surface area contributed by atoms with Crippen LogP contribution in [0.3, 0.4) is 0 Å². The van der Waals surface area contributed by atoms with E-state index in [2.05, 4.69) is 30.8 Å². The summed E-state index contributed by atoms with van der Waals surface area (Å²) in [5.41, 5.74) is 1.74. The number of rotatable bonds is 2. The molecule has 0 radical (unpaired) electrons. The summed E-state index contributed by atoms with van der Waals surface area (Å²) in [6, 6.07) is -0.0754. The number of carbonyl (C=O) groups is 1. The Morgan fingerprint density at radius 3 is 3.00 bits per heavy atom. The van der Waals surface area contributed by atoms with E-state index in [1.807, 2.05) is 11.8 Å². The van der Waals surface area contributed by atoms with Crippen molar-refractivity contribution in [3.8, 4) is 0 Å². The van der Waals surface area contributed by atoms with Crippen molar-refractivity contribution in [3.05, 3.63) is 23.5 Å². The number of anilines is 2. The van der Waals surface area contributed by atoms with Gasteiger partial charge in [-0.1, -0.05) is 0 Å². The van der Waals surface area contributed by atoms with E-state index in [0.29, 0.717) is 12.2 Å². The molecule has 0 unspecified atom stereocenters. The monoisotopic (exact) mass is 306 g/mol. The van der Waals surface area contributed by atoms with E-state index in [1.54, 1.807) is 23.7 Å². The number of hydrogen-bond acceptors (Lipinski definition) is 5. The SMILES string of the molecule is Cc1csc(N2CCCN(C(=O)Nc3cn[nH]c3)CC2)n1. The topological polar surface area (TPSA) is 77.1 Å². The van der Waals surface area contributed by atoms with Crippen LogP contribution < -0.4 is 10.2 Å². The van der Waals surface area contributed by atoms with Crippen molar-refractivity contribution in [1.29, 1.82) is 0 Å². The van der Waals surface area contributed by atoms with E-state index in [0.717, 1.165) is 36.9 Å². The van der Waals surface area contributed by atoms with E-state index < -0.39 is 0 Å². The van der Waals surface area contributed by atoms with Gasteiger partial charge in [0.15, 0.2) is 5.13 Å². The molecule has 0 spiro atoms. The van der Waals surface area contributed by atoms with Crippen molar-refractivity contribution < 1.29 is 4.79 Å². The third kappa shape index (κ3) is 3.33. The first kappa shape index (κ1) is 13.9. The summed E-state index contributed by atoms with van der Waals surface area (Å²) in [6.45, 7) is 5.20. The molecule has 2 aromatic rings. The second-order valence-corrected chi connectivity index (χ2v) is 5.85. The number of H-pyrrole nitrogens is 1. The van der Waals surface area contributed by atoms with Gasteiger partial charge in [0.2, 0.25) is 0 Å². The Morgan fingerprint density at radius 1 is 1.38 bits per heavy atom. The number of hydrogen-bond donors (Lipinski definition) is 2. The molecule has 3 heterocycles. The first-order valence-corrected chi connectivity index (χ1v) is 7.82. The Kier molecular flexibility index (Phi) is 4.05. The van der Waals surface area contributed by atoms with Gasteiger partial charge in [-0.3, -0.25) is 5.10 Å². The highest BCUT2D eigenvalue weighted by molar-refractivity contribution is 7.13. The number of nitrogens with zero attached hydrogens (tertiary/aromatic N) is 4. The van der Waals surface area contributed by atoms with Gasteiger partial charge >= 0.3 is 6.03 Å². The normalized spacial score (nSPS) is 15.9. The van der Waals surface area contributed by atoms with Crippen LogP contribution in [0.15, 0.2) is 17.8 Å². The van der Waals surface area contributed by atoms with Crippen molar-refractivity contribution in [1.82, 2.24) is 20.1 Å². The number of amides is 2. The van der Waals surface area contributed by atoms with Crippen molar-refractivity contribution in [2.75, 3.05) is 36.4 Å². The van der Waals surface area contributed by atoms with Crippen LogP contribution in [0.2, 0.25) is 0 Å². The van der Waals surface area contributed by atoms with Gasteiger partial charge in [0.1, 0.15) is 0 Å². The molecule has 0 aliphatic carbocycles. The molecule has 0 saturated carbocycles. The average Bonchev–Trinajstić information content (AvgIpc) is 3.05. The first-order valence-electron chi connectivity index (χ1n) is 6.94. The van der Waals surface area contributed by atoms with Gasteiger partial charge in [0, 0.05) is 37.8 Å². The van der Waals surface area contributed by atoms with E-state index in [-0.39, 0.29) is 6.03 Å². The van der Waals surface area contributed by atoms with Gasteiger partial charge in [-0.25, -0.2) is 9.78 Å². The lowest BCUT2D eigenvalue weighted by Gasteiger charge is -2.21. The summed E-state index contributed by atoms with van der Waals surface area (Å²) in [5, 5.41) is 12.4. The molecule has 0 bridgehead atoms. The van der Waals surface area contributed by atoms with Crippen molar-refractivity contribution in [2.24, 2.45) is 0 Å². The molecule has 2 N–H and O–H groups in total. The lowest BCUT2D eigenvalue weighted by molar-refractivity contribution is 0.215. The fraction of sp³-hybridized carbons (Fsp3) is 0.462. The lowest BCUT2D eigenvalue weighted by atomic mass is 10.4. The molecule has 3 rings (SSSR count). The Hall–Kier alpha value is -2.09. The lowest BCUT2D eigenvalue weighted by Crippen LogP contribution is -2.38. The Balaban J connectivity index is 1.59. The van der Waals surface area contributed by atoms with Crippen molar-refractivity contribution >= 4 is 28.2 Å². The van der Waals surface area contributed by atoms with E-state index in [1.165, 1.54) is 0 Å². The van der Waals surface area contributed by atoms with Gasteiger partial charge in [0.05, 0.1) is 17.6 Å². The van der Waals surface area contributed by atoms with Gasteiger partial charge in [-0.15, -0.1) is 11.3 Å². The summed E-state index contributed by atoms with van der Waals surface area (Å²) >= 11 is 1.66. The minimum absolute atomic E-state index is 0.0754.